The first-order chi connectivity index (χ1) is 19.3. The number of nitrogens with zero attached hydrogens (tertiary/aromatic N) is 1. The highest BCUT2D eigenvalue weighted by molar-refractivity contribution is 6.11. The van der Waals surface area contributed by atoms with Crippen LogP contribution in [0.2, 0.25) is 0 Å². The summed E-state index contributed by atoms with van der Waals surface area (Å²) in [6, 6.07) is 39.5. The summed E-state index contributed by atoms with van der Waals surface area (Å²) in [5, 5.41) is 12.4. The fourth-order valence-electron chi connectivity index (χ4n) is 6.28. The molecule has 6 aromatic rings. The molecule has 39 heavy (non-hydrogen) atoms. The van der Waals surface area contributed by atoms with Crippen molar-refractivity contribution in [3.05, 3.63) is 121 Å². The topological polar surface area (TPSA) is 36.6 Å². The third kappa shape index (κ3) is 4.24. The van der Waals surface area contributed by atoms with Crippen LogP contribution in [0.5, 0.6) is 5.75 Å². The van der Waals surface area contributed by atoms with Crippen LogP contribution in [-0.4, -0.2) is 5.11 Å². The molecule has 5 aromatic carbocycles. The number of para-hydroxylation sites is 3. The van der Waals surface area contributed by atoms with E-state index >= 15 is 0 Å². The maximum Gasteiger partial charge on any atom is 0.159 e. The summed E-state index contributed by atoms with van der Waals surface area (Å²) in [7, 11) is 0. The van der Waals surface area contributed by atoms with Gasteiger partial charge in [0.05, 0.1) is 11.4 Å². The molecule has 1 fully saturated rings. The second kappa shape index (κ2) is 9.99. The standard InChI is InChI=1S/C36H31NO2/c38-28-23-21-27(22-24-28)37(33-19-8-7-15-29(33)25-11-3-1-4-12-25)34-20-10-18-32-31-17-9-16-30(35(31)39-36(32)34)26-13-5-2-6-14-26/h1,3-4,7-12,15-24,26,38H,2,5-6,13-14H2. The highest BCUT2D eigenvalue weighted by Crippen LogP contribution is 2.47. The molecule has 1 N–H and O–H groups in total. The summed E-state index contributed by atoms with van der Waals surface area (Å²) < 4.78 is 6.87. The highest BCUT2D eigenvalue weighted by Gasteiger charge is 2.24. The summed E-state index contributed by atoms with van der Waals surface area (Å²) in [5.41, 5.74) is 8.50. The Morgan fingerprint density at radius 1 is 0.590 bits per heavy atom. The molecule has 1 aliphatic rings. The summed E-state index contributed by atoms with van der Waals surface area (Å²) in [6.07, 6.45) is 6.37. The lowest BCUT2D eigenvalue weighted by atomic mass is 9.83. The van der Waals surface area contributed by atoms with E-state index in [-0.39, 0.29) is 5.75 Å². The van der Waals surface area contributed by atoms with E-state index in [0.29, 0.717) is 5.92 Å². The van der Waals surface area contributed by atoms with Gasteiger partial charge in [0.25, 0.3) is 0 Å². The Morgan fingerprint density at radius 2 is 1.26 bits per heavy atom. The highest BCUT2D eigenvalue weighted by atomic mass is 16.3. The maximum atomic E-state index is 10.1. The molecular weight excluding hydrogens is 478 g/mol. The minimum absolute atomic E-state index is 0.245. The van der Waals surface area contributed by atoms with Gasteiger partial charge < -0.3 is 14.4 Å². The van der Waals surface area contributed by atoms with Crippen LogP contribution in [0.15, 0.2) is 120 Å². The van der Waals surface area contributed by atoms with Crippen LogP contribution in [0.4, 0.5) is 17.1 Å². The number of fused-ring (bicyclic) bond motifs is 3. The number of anilines is 3. The largest absolute Gasteiger partial charge is 0.508 e. The van der Waals surface area contributed by atoms with Crippen molar-refractivity contribution in [3.8, 4) is 16.9 Å². The van der Waals surface area contributed by atoms with Crippen LogP contribution in [0.1, 0.15) is 43.6 Å². The van der Waals surface area contributed by atoms with Gasteiger partial charge in [-0.2, -0.15) is 0 Å². The van der Waals surface area contributed by atoms with E-state index in [1.807, 2.05) is 18.2 Å². The van der Waals surface area contributed by atoms with Crippen molar-refractivity contribution in [1.82, 2.24) is 0 Å². The molecule has 3 nitrogen and oxygen atoms in total. The number of furan rings is 1. The monoisotopic (exact) mass is 509 g/mol. The summed E-state index contributed by atoms with van der Waals surface area (Å²) >= 11 is 0. The molecule has 0 radical (unpaired) electrons. The molecule has 0 spiro atoms. The van der Waals surface area contributed by atoms with E-state index in [1.54, 1.807) is 12.1 Å². The van der Waals surface area contributed by atoms with Gasteiger partial charge in [0, 0.05) is 22.0 Å². The number of phenols is 1. The van der Waals surface area contributed by atoms with Crippen LogP contribution in [0.25, 0.3) is 33.1 Å². The van der Waals surface area contributed by atoms with Crippen LogP contribution < -0.4 is 4.90 Å². The van der Waals surface area contributed by atoms with Crippen molar-refractivity contribution < 1.29 is 9.52 Å². The Morgan fingerprint density at radius 3 is 2.05 bits per heavy atom. The average Bonchev–Trinajstić information content (AvgIpc) is 3.39. The molecule has 0 aliphatic heterocycles. The molecule has 1 heterocycles. The number of phenolic OH excluding ortho intramolecular Hbond substituents is 1. The van der Waals surface area contributed by atoms with E-state index < -0.39 is 0 Å². The minimum Gasteiger partial charge on any atom is -0.508 e. The SMILES string of the molecule is Oc1ccc(N(c2ccccc2-c2ccccc2)c2cccc3c2oc2c(C4CCCCC4)cccc23)cc1. The van der Waals surface area contributed by atoms with Crippen molar-refractivity contribution in [2.45, 2.75) is 38.0 Å². The van der Waals surface area contributed by atoms with Gasteiger partial charge in [-0.1, -0.05) is 98.1 Å². The Bertz CT molecular complexity index is 1740. The van der Waals surface area contributed by atoms with Gasteiger partial charge in [-0.3, -0.25) is 0 Å². The van der Waals surface area contributed by atoms with Gasteiger partial charge >= 0.3 is 0 Å². The quantitative estimate of drug-likeness (QED) is 0.251. The van der Waals surface area contributed by atoms with Crippen LogP contribution >= 0.6 is 0 Å². The first kappa shape index (κ1) is 23.6. The Hall–Kier alpha value is -4.50. The number of aromatic hydroxyl groups is 1. The maximum absolute atomic E-state index is 10.1. The van der Waals surface area contributed by atoms with E-state index in [0.717, 1.165) is 44.7 Å². The number of hydrogen-bond acceptors (Lipinski definition) is 3. The van der Waals surface area contributed by atoms with Crippen molar-refractivity contribution in [1.29, 1.82) is 0 Å². The number of hydrogen-bond donors (Lipinski definition) is 1. The molecule has 1 aliphatic carbocycles. The Balaban J connectivity index is 1.48. The van der Waals surface area contributed by atoms with Crippen molar-refractivity contribution >= 4 is 39.0 Å². The fourth-order valence-corrected chi connectivity index (χ4v) is 6.28. The predicted molar refractivity (Wildman–Crippen MR) is 161 cm³/mol. The molecule has 0 unspecified atom stereocenters. The normalized spacial score (nSPS) is 14.2. The molecule has 1 aromatic heterocycles. The zero-order valence-corrected chi connectivity index (χ0v) is 21.9. The molecule has 0 atom stereocenters. The van der Waals surface area contributed by atoms with Crippen molar-refractivity contribution in [2.24, 2.45) is 0 Å². The number of benzene rings is 5. The Labute approximate surface area is 228 Å². The van der Waals surface area contributed by atoms with E-state index in [1.165, 1.54) is 43.1 Å². The van der Waals surface area contributed by atoms with Crippen LogP contribution in [0.3, 0.4) is 0 Å². The van der Waals surface area contributed by atoms with Crippen molar-refractivity contribution in [3.63, 3.8) is 0 Å². The minimum atomic E-state index is 0.245. The molecule has 3 heteroatoms. The van der Waals surface area contributed by atoms with Crippen molar-refractivity contribution in [2.75, 3.05) is 4.90 Å². The van der Waals surface area contributed by atoms with E-state index in [9.17, 15) is 5.11 Å². The second-order valence-electron chi connectivity index (χ2n) is 10.5. The van der Waals surface area contributed by atoms with Crippen LogP contribution in [0, 0.1) is 0 Å². The van der Waals surface area contributed by atoms with Gasteiger partial charge in [0.1, 0.15) is 11.3 Å². The Kier molecular flexibility index (Phi) is 6.05. The lowest BCUT2D eigenvalue weighted by Gasteiger charge is -2.28. The molecule has 192 valence electrons. The smallest absolute Gasteiger partial charge is 0.159 e. The lowest BCUT2D eigenvalue weighted by molar-refractivity contribution is 0.442. The summed E-state index contributed by atoms with van der Waals surface area (Å²) in [4.78, 5) is 2.26. The first-order valence-electron chi connectivity index (χ1n) is 14.0. The first-order valence-corrected chi connectivity index (χ1v) is 14.0. The molecule has 0 bridgehead atoms. The molecule has 1 saturated carbocycles. The number of rotatable bonds is 5. The molecular formula is C36H31NO2. The second-order valence-corrected chi connectivity index (χ2v) is 10.5. The van der Waals surface area contributed by atoms with Crippen LogP contribution in [-0.2, 0) is 0 Å². The summed E-state index contributed by atoms with van der Waals surface area (Å²) in [5.74, 6) is 0.799. The molecule has 0 saturated heterocycles. The zero-order chi connectivity index (χ0) is 26.2. The third-order valence-electron chi connectivity index (χ3n) is 8.16. The summed E-state index contributed by atoms with van der Waals surface area (Å²) in [6.45, 7) is 0. The lowest BCUT2D eigenvalue weighted by Crippen LogP contribution is -2.11. The van der Waals surface area contributed by atoms with Gasteiger partial charge in [0.2, 0.25) is 0 Å². The van der Waals surface area contributed by atoms with E-state index in [2.05, 4.69) is 89.8 Å². The predicted octanol–water partition coefficient (Wildman–Crippen LogP) is 10.5. The average molecular weight is 510 g/mol. The van der Waals surface area contributed by atoms with Gasteiger partial charge in [0.15, 0.2) is 5.58 Å². The molecule has 0 amide bonds. The zero-order valence-electron chi connectivity index (χ0n) is 21.9. The molecule has 7 rings (SSSR count). The van der Waals surface area contributed by atoms with Gasteiger partial charge in [-0.25, -0.2) is 0 Å². The van der Waals surface area contributed by atoms with Gasteiger partial charge in [-0.05, 0) is 66.3 Å². The van der Waals surface area contributed by atoms with E-state index in [4.69, 9.17) is 4.42 Å². The van der Waals surface area contributed by atoms with Gasteiger partial charge in [-0.15, -0.1) is 0 Å². The fraction of sp³-hybridized carbons (Fsp3) is 0.167. The third-order valence-corrected chi connectivity index (χ3v) is 8.16.